The predicted molar refractivity (Wildman–Crippen MR) is 100 cm³/mol. The van der Waals surface area contributed by atoms with Crippen molar-refractivity contribution >= 4 is 10.0 Å². The van der Waals surface area contributed by atoms with E-state index < -0.39 is 10.0 Å². The van der Waals surface area contributed by atoms with Crippen LogP contribution in [0.5, 0.6) is 0 Å². The summed E-state index contributed by atoms with van der Waals surface area (Å²) < 4.78 is 35.3. The van der Waals surface area contributed by atoms with Gasteiger partial charge in [0.1, 0.15) is 16.4 Å². The van der Waals surface area contributed by atoms with Gasteiger partial charge in [0.2, 0.25) is 10.0 Å². The fourth-order valence-corrected chi connectivity index (χ4v) is 4.99. The third-order valence-electron chi connectivity index (χ3n) is 4.87. The summed E-state index contributed by atoms with van der Waals surface area (Å²) in [6.07, 6.45) is 4.12. The number of fused-ring (bicyclic) bond motifs is 1. The first-order valence-electron chi connectivity index (χ1n) is 9.04. The Hall–Kier alpha value is -2.45. The summed E-state index contributed by atoms with van der Waals surface area (Å²) in [7, 11) is -3.74. The van der Waals surface area contributed by atoms with Gasteiger partial charge < -0.3 is 4.52 Å². The van der Waals surface area contributed by atoms with Crippen LogP contribution in [0.3, 0.4) is 0 Å². The van der Waals surface area contributed by atoms with Crippen LogP contribution in [0.4, 0.5) is 0 Å². The van der Waals surface area contributed by atoms with Gasteiger partial charge in [0.15, 0.2) is 5.76 Å². The largest absolute Gasteiger partial charge is 0.360 e. The topological polar surface area (TPSA) is 90.0 Å². The van der Waals surface area contributed by atoms with E-state index in [1.807, 2.05) is 30.3 Å². The van der Waals surface area contributed by atoms with Gasteiger partial charge in [0.25, 0.3) is 0 Å². The molecule has 142 valence electrons. The summed E-state index contributed by atoms with van der Waals surface area (Å²) in [6, 6.07) is 9.95. The molecule has 0 fully saturated rings. The van der Waals surface area contributed by atoms with Gasteiger partial charge in [-0.2, -0.15) is 0 Å². The van der Waals surface area contributed by atoms with E-state index >= 15 is 0 Å². The number of imidazole rings is 1. The minimum atomic E-state index is -3.74. The molecule has 7 nitrogen and oxygen atoms in total. The van der Waals surface area contributed by atoms with Gasteiger partial charge in [-0.1, -0.05) is 23.4 Å². The molecule has 1 aromatic carbocycles. The fraction of sp³-hybridized carbons (Fsp3) is 0.368. The molecule has 27 heavy (non-hydrogen) atoms. The maximum atomic E-state index is 12.8. The second-order valence-corrected chi connectivity index (χ2v) is 8.48. The second kappa shape index (κ2) is 6.94. The molecule has 0 atom stereocenters. The van der Waals surface area contributed by atoms with Crippen molar-refractivity contribution in [2.75, 3.05) is 0 Å². The molecular formula is C19H22N4O3S. The van der Waals surface area contributed by atoms with Crippen LogP contribution in [0.1, 0.15) is 41.5 Å². The molecule has 8 heteroatoms. The predicted octanol–water partition coefficient (Wildman–Crippen LogP) is 2.83. The summed E-state index contributed by atoms with van der Waals surface area (Å²) in [6.45, 7) is 3.32. The SMILES string of the molecule is Cc1noc(C)c1S(=O)(=O)NCc1nc2c(n1-c1ccccc1)CCCC2. The molecule has 3 aromatic rings. The third-order valence-corrected chi connectivity index (χ3v) is 6.52. The highest BCUT2D eigenvalue weighted by Gasteiger charge is 2.26. The van der Waals surface area contributed by atoms with Crippen LogP contribution in [0.15, 0.2) is 39.8 Å². The number of hydrogen-bond acceptors (Lipinski definition) is 5. The Bertz CT molecular complexity index is 1050. The molecule has 4 rings (SSSR count). The van der Waals surface area contributed by atoms with Gasteiger partial charge in [0, 0.05) is 11.4 Å². The molecule has 1 aliphatic rings. The zero-order chi connectivity index (χ0) is 19.0. The molecule has 0 unspecified atom stereocenters. The molecule has 0 saturated heterocycles. The van der Waals surface area contributed by atoms with Gasteiger partial charge in [-0.25, -0.2) is 18.1 Å². The molecule has 0 bridgehead atoms. The molecule has 2 aromatic heterocycles. The first kappa shape index (κ1) is 17.9. The van der Waals surface area contributed by atoms with Crippen molar-refractivity contribution < 1.29 is 12.9 Å². The molecule has 0 radical (unpaired) electrons. The molecule has 2 heterocycles. The molecule has 1 N–H and O–H groups in total. The van der Waals surface area contributed by atoms with Crippen LogP contribution in [0.25, 0.3) is 5.69 Å². The van der Waals surface area contributed by atoms with Gasteiger partial charge in [0.05, 0.1) is 12.2 Å². The Morgan fingerprint density at radius 2 is 1.89 bits per heavy atom. The standard InChI is InChI=1S/C19H22N4O3S/c1-13-19(14(2)26-22-13)27(24,25)20-12-18-21-16-10-6-7-11-17(16)23(18)15-8-4-3-5-9-15/h3-5,8-9,20H,6-7,10-12H2,1-2H3. The second-order valence-electron chi connectivity index (χ2n) is 6.78. The normalized spacial score (nSPS) is 14.3. The fourth-order valence-electron chi connectivity index (χ4n) is 3.69. The number of benzene rings is 1. The lowest BCUT2D eigenvalue weighted by Crippen LogP contribution is -2.26. The van der Waals surface area contributed by atoms with Gasteiger partial charge in [-0.05, 0) is 51.7 Å². The quantitative estimate of drug-likeness (QED) is 0.728. The van der Waals surface area contributed by atoms with E-state index in [4.69, 9.17) is 9.51 Å². The van der Waals surface area contributed by atoms with Crippen molar-refractivity contribution in [1.82, 2.24) is 19.4 Å². The summed E-state index contributed by atoms with van der Waals surface area (Å²) in [5.41, 5.74) is 3.60. The van der Waals surface area contributed by atoms with E-state index in [2.05, 4.69) is 14.4 Å². The first-order chi connectivity index (χ1) is 13.0. The summed E-state index contributed by atoms with van der Waals surface area (Å²) in [5, 5.41) is 3.74. The number of para-hydroxylation sites is 1. The number of nitrogens with one attached hydrogen (secondary N) is 1. The maximum absolute atomic E-state index is 12.8. The molecular weight excluding hydrogens is 364 g/mol. The van der Waals surface area contributed by atoms with E-state index in [9.17, 15) is 8.42 Å². The maximum Gasteiger partial charge on any atom is 0.246 e. The molecule has 0 aliphatic heterocycles. The third kappa shape index (κ3) is 3.30. The average Bonchev–Trinajstić information content (AvgIpc) is 3.20. The van der Waals surface area contributed by atoms with E-state index in [1.54, 1.807) is 13.8 Å². The Kier molecular flexibility index (Phi) is 4.61. The van der Waals surface area contributed by atoms with E-state index in [0.717, 1.165) is 37.1 Å². The molecule has 1 aliphatic carbocycles. The average molecular weight is 386 g/mol. The first-order valence-corrected chi connectivity index (χ1v) is 10.5. The monoisotopic (exact) mass is 386 g/mol. The van der Waals surface area contributed by atoms with Crippen molar-refractivity contribution in [1.29, 1.82) is 0 Å². The van der Waals surface area contributed by atoms with Gasteiger partial charge >= 0.3 is 0 Å². The lowest BCUT2D eigenvalue weighted by Gasteiger charge is -2.15. The number of hydrogen-bond donors (Lipinski definition) is 1. The Morgan fingerprint density at radius 1 is 1.15 bits per heavy atom. The zero-order valence-corrected chi connectivity index (χ0v) is 16.2. The highest BCUT2D eigenvalue weighted by atomic mass is 32.2. The number of sulfonamides is 1. The van der Waals surface area contributed by atoms with Crippen molar-refractivity contribution in [3.8, 4) is 5.69 Å². The highest BCUT2D eigenvalue weighted by Crippen LogP contribution is 2.26. The number of rotatable bonds is 5. The zero-order valence-electron chi connectivity index (χ0n) is 15.4. The summed E-state index contributed by atoms with van der Waals surface area (Å²) in [4.78, 5) is 4.86. The minimum Gasteiger partial charge on any atom is -0.360 e. The van der Waals surface area contributed by atoms with Crippen molar-refractivity contribution in [2.24, 2.45) is 0 Å². The molecule has 0 amide bonds. The van der Waals surface area contributed by atoms with Crippen molar-refractivity contribution in [3.63, 3.8) is 0 Å². The van der Waals surface area contributed by atoms with Crippen LogP contribution < -0.4 is 4.72 Å². The van der Waals surface area contributed by atoms with Gasteiger partial charge in [-0.15, -0.1) is 0 Å². The van der Waals surface area contributed by atoms with E-state index in [1.165, 1.54) is 5.69 Å². The van der Waals surface area contributed by atoms with Gasteiger partial charge in [-0.3, -0.25) is 4.57 Å². The lowest BCUT2D eigenvalue weighted by molar-refractivity contribution is 0.390. The Balaban J connectivity index is 1.70. The van der Waals surface area contributed by atoms with E-state index in [-0.39, 0.29) is 17.2 Å². The Morgan fingerprint density at radius 3 is 2.59 bits per heavy atom. The van der Waals surface area contributed by atoms with Crippen LogP contribution in [0.2, 0.25) is 0 Å². The smallest absolute Gasteiger partial charge is 0.246 e. The Labute approximate surface area is 158 Å². The van der Waals surface area contributed by atoms with Crippen LogP contribution in [-0.2, 0) is 29.4 Å². The van der Waals surface area contributed by atoms with Crippen LogP contribution in [0, 0.1) is 13.8 Å². The number of nitrogens with zero attached hydrogens (tertiary/aromatic N) is 3. The van der Waals surface area contributed by atoms with Crippen molar-refractivity contribution in [3.05, 3.63) is 59.0 Å². The molecule has 0 spiro atoms. The number of aromatic nitrogens is 3. The minimum absolute atomic E-state index is 0.102. The van der Waals surface area contributed by atoms with E-state index in [0.29, 0.717) is 11.5 Å². The summed E-state index contributed by atoms with van der Waals surface area (Å²) >= 11 is 0. The molecule has 0 saturated carbocycles. The van der Waals surface area contributed by atoms with Crippen LogP contribution in [-0.4, -0.2) is 23.1 Å². The van der Waals surface area contributed by atoms with Crippen molar-refractivity contribution in [2.45, 2.75) is 51.0 Å². The summed E-state index contributed by atoms with van der Waals surface area (Å²) in [5.74, 6) is 0.981. The highest BCUT2D eigenvalue weighted by molar-refractivity contribution is 7.89. The number of aryl methyl sites for hydroxylation is 3. The van der Waals surface area contributed by atoms with Crippen LogP contribution >= 0.6 is 0 Å². The lowest BCUT2D eigenvalue weighted by atomic mass is 10.0.